The summed E-state index contributed by atoms with van der Waals surface area (Å²) in [6.45, 7) is 10.8. The van der Waals surface area contributed by atoms with E-state index in [1.165, 1.54) is 35.4 Å². The second kappa shape index (κ2) is 8.17. The SMILES string of the molecule is CCOC(=O)c1ccc(C=CC(=O)c2ccc3c(c2)C(C)(C)CCC3(C)C)c(F)c1. The lowest BCUT2D eigenvalue weighted by Crippen LogP contribution is -2.34. The molecule has 0 spiro atoms. The van der Waals surface area contributed by atoms with Crippen molar-refractivity contribution in [1.82, 2.24) is 0 Å². The van der Waals surface area contributed by atoms with E-state index in [-0.39, 0.29) is 34.3 Å². The quantitative estimate of drug-likeness (QED) is 0.334. The van der Waals surface area contributed by atoms with Gasteiger partial charge in [-0.2, -0.15) is 0 Å². The number of rotatable bonds is 5. The number of ketones is 1. The molecule has 0 atom stereocenters. The van der Waals surface area contributed by atoms with Crippen LogP contribution in [-0.4, -0.2) is 18.4 Å². The molecule has 0 saturated carbocycles. The summed E-state index contributed by atoms with van der Waals surface area (Å²) in [4.78, 5) is 24.5. The zero-order valence-electron chi connectivity index (χ0n) is 18.3. The lowest BCUT2D eigenvalue weighted by Gasteiger charge is -2.42. The van der Waals surface area contributed by atoms with Crippen molar-refractivity contribution >= 4 is 17.8 Å². The number of fused-ring (bicyclic) bond motifs is 1. The van der Waals surface area contributed by atoms with E-state index in [1.54, 1.807) is 6.92 Å². The first-order valence-corrected chi connectivity index (χ1v) is 10.4. The number of hydrogen-bond acceptors (Lipinski definition) is 3. The first-order valence-electron chi connectivity index (χ1n) is 10.4. The van der Waals surface area contributed by atoms with E-state index in [4.69, 9.17) is 4.74 Å². The van der Waals surface area contributed by atoms with Crippen molar-refractivity contribution in [2.24, 2.45) is 0 Å². The highest BCUT2D eigenvalue weighted by molar-refractivity contribution is 6.07. The molecule has 2 aromatic rings. The summed E-state index contributed by atoms with van der Waals surface area (Å²) in [6, 6.07) is 10.0. The molecule has 4 heteroatoms. The Morgan fingerprint density at radius 3 is 2.23 bits per heavy atom. The Morgan fingerprint density at radius 2 is 1.60 bits per heavy atom. The zero-order valence-corrected chi connectivity index (χ0v) is 18.3. The van der Waals surface area contributed by atoms with Gasteiger partial charge in [-0.25, -0.2) is 9.18 Å². The maximum atomic E-state index is 14.3. The Hall–Kier alpha value is -2.75. The minimum atomic E-state index is -0.571. The summed E-state index contributed by atoms with van der Waals surface area (Å²) in [7, 11) is 0. The van der Waals surface area contributed by atoms with Gasteiger partial charge < -0.3 is 4.74 Å². The number of halogens is 1. The molecule has 0 fully saturated rings. The van der Waals surface area contributed by atoms with Gasteiger partial charge in [0.2, 0.25) is 0 Å². The maximum Gasteiger partial charge on any atom is 0.338 e. The number of allylic oxidation sites excluding steroid dienone is 1. The van der Waals surface area contributed by atoms with E-state index in [0.717, 1.165) is 18.9 Å². The van der Waals surface area contributed by atoms with Gasteiger partial charge in [0.1, 0.15) is 5.82 Å². The van der Waals surface area contributed by atoms with Crippen LogP contribution in [0.5, 0.6) is 0 Å². The van der Waals surface area contributed by atoms with Crippen LogP contribution in [0.25, 0.3) is 6.08 Å². The molecule has 0 radical (unpaired) electrons. The fraction of sp³-hybridized carbons (Fsp3) is 0.385. The summed E-state index contributed by atoms with van der Waals surface area (Å²) in [6.07, 6.45) is 5.01. The molecule has 3 nitrogen and oxygen atoms in total. The molecule has 1 aliphatic rings. The standard InChI is InChI=1S/C26H29FO3/c1-6-30-24(29)19-8-7-17(22(27)16-19)10-12-23(28)18-9-11-20-21(15-18)26(4,5)14-13-25(20,2)3/h7-12,15-16H,6,13-14H2,1-5H3. The van der Waals surface area contributed by atoms with Crippen LogP contribution in [0.1, 0.15) is 84.9 Å². The van der Waals surface area contributed by atoms with Gasteiger partial charge >= 0.3 is 5.97 Å². The Labute approximate surface area is 178 Å². The van der Waals surface area contributed by atoms with Crippen molar-refractivity contribution < 1.29 is 18.7 Å². The molecule has 0 aliphatic heterocycles. The number of ether oxygens (including phenoxy) is 1. The van der Waals surface area contributed by atoms with Crippen LogP contribution in [0.3, 0.4) is 0 Å². The average Bonchev–Trinajstić information content (AvgIpc) is 2.70. The fourth-order valence-electron chi connectivity index (χ4n) is 4.01. The second-order valence-electron chi connectivity index (χ2n) is 9.18. The third-order valence-corrected chi connectivity index (χ3v) is 6.06. The monoisotopic (exact) mass is 408 g/mol. The molecule has 1 aliphatic carbocycles. The zero-order chi connectivity index (χ0) is 22.1. The van der Waals surface area contributed by atoms with Gasteiger partial charge in [-0.15, -0.1) is 0 Å². The third-order valence-electron chi connectivity index (χ3n) is 6.06. The highest BCUT2D eigenvalue weighted by atomic mass is 19.1. The molecule has 0 unspecified atom stereocenters. The molecule has 0 bridgehead atoms. The van der Waals surface area contributed by atoms with Crippen molar-refractivity contribution in [2.75, 3.05) is 6.61 Å². The molecule has 0 amide bonds. The fourth-order valence-corrected chi connectivity index (χ4v) is 4.01. The van der Waals surface area contributed by atoms with Crippen molar-refractivity contribution in [2.45, 2.75) is 58.3 Å². The number of hydrogen-bond donors (Lipinski definition) is 0. The molecular formula is C26H29FO3. The van der Waals surface area contributed by atoms with Crippen molar-refractivity contribution in [1.29, 1.82) is 0 Å². The topological polar surface area (TPSA) is 43.4 Å². The molecule has 3 rings (SSSR count). The maximum absolute atomic E-state index is 14.3. The Kier molecular flexibility index (Phi) is 5.98. The smallest absolute Gasteiger partial charge is 0.338 e. The van der Waals surface area contributed by atoms with Crippen LogP contribution in [0.15, 0.2) is 42.5 Å². The van der Waals surface area contributed by atoms with Crippen LogP contribution in [0.2, 0.25) is 0 Å². The molecule has 0 N–H and O–H groups in total. The number of benzene rings is 2. The lowest BCUT2D eigenvalue weighted by atomic mass is 9.63. The van der Waals surface area contributed by atoms with E-state index >= 15 is 0 Å². The van der Waals surface area contributed by atoms with Gasteiger partial charge in [0.15, 0.2) is 5.78 Å². The van der Waals surface area contributed by atoms with Gasteiger partial charge in [0, 0.05) is 11.1 Å². The van der Waals surface area contributed by atoms with Gasteiger partial charge in [-0.05, 0) is 72.1 Å². The molecule has 2 aromatic carbocycles. The largest absolute Gasteiger partial charge is 0.462 e. The number of carbonyl (C=O) groups excluding carboxylic acids is 2. The van der Waals surface area contributed by atoms with E-state index in [1.807, 2.05) is 12.1 Å². The second-order valence-corrected chi connectivity index (χ2v) is 9.18. The highest BCUT2D eigenvalue weighted by Crippen LogP contribution is 2.45. The molecule has 30 heavy (non-hydrogen) atoms. The predicted molar refractivity (Wildman–Crippen MR) is 117 cm³/mol. The molecule has 0 aromatic heterocycles. The minimum Gasteiger partial charge on any atom is -0.462 e. The van der Waals surface area contributed by atoms with Crippen molar-refractivity contribution in [3.63, 3.8) is 0 Å². The Balaban J connectivity index is 1.85. The first-order chi connectivity index (χ1) is 14.0. The van der Waals surface area contributed by atoms with E-state index in [2.05, 4.69) is 33.8 Å². The number of esters is 1. The molecule has 0 saturated heterocycles. The van der Waals surface area contributed by atoms with Gasteiger partial charge in [0.25, 0.3) is 0 Å². The van der Waals surface area contributed by atoms with Crippen LogP contribution < -0.4 is 0 Å². The lowest BCUT2D eigenvalue weighted by molar-refractivity contribution is 0.0525. The van der Waals surface area contributed by atoms with Crippen molar-refractivity contribution in [3.8, 4) is 0 Å². The summed E-state index contributed by atoms with van der Waals surface area (Å²) in [5.41, 5.74) is 3.60. The van der Waals surface area contributed by atoms with Crippen LogP contribution in [-0.2, 0) is 15.6 Å². The number of carbonyl (C=O) groups is 2. The first kappa shape index (κ1) is 21.9. The predicted octanol–water partition coefficient (Wildman–Crippen LogP) is 6.25. The molecular weight excluding hydrogens is 379 g/mol. The summed E-state index contributed by atoms with van der Waals surface area (Å²) < 4.78 is 19.2. The molecule has 0 heterocycles. The van der Waals surface area contributed by atoms with Crippen LogP contribution >= 0.6 is 0 Å². The summed E-state index contributed by atoms with van der Waals surface area (Å²) in [5, 5.41) is 0. The van der Waals surface area contributed by atoms with E-state index in [9.17, 15) is 14.0 Å². The van der Waals surface area contributed by atoms with Crippen molar-refractivity contribution in [3.05, 3.63) is 76.1 Å². The highest BCUT2D eigenvalue weighted by Gasteiger charge is 2.37. The minimum absolute atomic E-state index is 0.0138. The molecule has 158 valence electrons. The van der Waals surface area contributed by atoms with Gasteiger partial charge in [-0.1, -0.05) is 45.9 Å². The van der Waals surface area contributed by atoms with E-state index < -0.39 is 11.8 Å². The van der Waals surface area contributed by atoms with Crippen LogP contribution in [0.4, 0.5) is 4.39 Å². The normalized spacial score (nSPS) is 16.9. The van der Waals surface area contributed by atoms with E-state index in [0.29, 0.717) is 5.56 Å². The van der Waals surface area contributed by atoms with Crippen LogP contribution in [0, 0.1) is 5.82 Å². The summed E-state index contributed by atoms with van der Waals surface area (Å²) >= 11 is 0. The van der Waals surface area contributed by atoms with Gasteiger partial charge in [-0.3, -0.25) is 4.79 Å². The summed E-state index contributed by atoms with van der Waals surface area (Å²) in [5.74, 6) is -1.31. The Bertz CT molecular complexity index is 1010. The van der Waals surface area contributed by atoms with Gasteiger partial charge in [0.05, 0.1) is 12.2 Å². The Morgan fingerprint density at radius 1 is 0.967 bits per heavy atom. The third kappa shape index (κ3) is 4.38. The average molecular weight is 409 g/mol.